The van der Waals surface area contributed by atoms with Crippen LogP contribution in [-0.4, -0.2) is 28.9 Å². The Hall–Kier alpha value is -3.93. The maximum absolute atomic E-state index is 13.3. The molecule has 1 saturated heterocycles. The standard InChI is InChI=1S/C28H28N2O4/c1-17-16-18(9-14-22(17)34-5)25(31)23-24(21-8-6-7-15-29-21)30(27(33)26(23)32)20-12-10-19(11-13-20)28(2,3)4/h6-16,24,31H,1-5H3/b25-23-. The molecule has 3 aromatic rings. The molecule has 1 aliphatic rings. The van der Waals surface area contributed by atoms with E-state index in [4.69, 9.17) is 4.74 Å². The number of aliphatic hydroxyl groups is 1. The second-order valence-corrected chi connectivity index (χ2v) is 9.40. The van der Waals surface area contributed by atoms with Gasteiger partial charge in [0.1, 0.15) is 17.6 Å². The number of hydrogen-bond donors (Lipinski definition) is 1. The number of carbonyl (C=O) groups excluding carboxylic acids is 2. The smallest absolute Gasteiger partial charge is 0.300 e. The summed E-state index contributed by atoms with van der Waals surface area (Å²) < 4.78 is 5.31. The topological polar surface area (TPSA) is 79.7 Å². The number of rotatable bonds is 4. The van der Waals surface area contributed by atoms with Crippen LogP contribution in [-0.2, 0) is 15.0 Å². The maximum atomic E-state index is 13.3. The van der Waals surface area contributed by atoms with Gasteiger partial charge in [-0.05, 0) is 65.9 Å². The van der Waals surface area contributed by atoms with E-state index in [2.05, 4.69) is 25.8 Å². The van der Waals surface area contributed by atoms with Crippen LogP contribution >= 0.6 is 0 Å². The minimum Gasteiger partial charge on any atom is -0.507 e. The average molecular weight is 457 g/mol. The molecule has 1 aromatic heterocycles. The van der Waals surface area contributed by atoms with Crippen molar-refractivity contribution in [1.82, 2.24) is 4.98 Å². The summed E-state index contributed by atoms with van der Waals surface area (Å²) in [4.78, 5) is 32.4. The average Bonchev–Trinajstić information content (AvgIpc) is 3.09. The van der Waals surface area contributed by atoms with E-state index >= 15 is 0 Å². The number of ketones is 1. The van der Waals surface area contributed by atoms with Crippen molar-refractivity contribution in [3.8, 4) is 5.75 Å². The van der Waals surface area contributed by atoms with Crippen molar-refractivity contribution in [3.63, 3.8) is 0 Å². The SMILES string of the molecule is COc1ccc(/C(O)=C2/C(=O)C(=O)N(c3ccc(C(C)(C)C)cc3)C2c2ccccn2)cc1C. The second-order valence-electron chi connectivity index (χ2n) is 9.40. The molecule has 6 heteroatoms. The largest absolute Gasteiger partial charge is 0.507 e. The van der Waals surface area contributed by atoms with Gasteiger partial charge in [0.15, 0.2) is 0 Å². The molecule has 2 aromatic carbocycles. The van der Waals surface area contributed by atoms with Crippen molar-refractivity contribution in [2.45, 2.75) is 39.2 Å². The van der Waals surface area contributed by atoms with E-state index in [0.29, 0.717) is 22.7 Å². The third-order valence-electron chi connectivity index (χ3n) is 6.09. The number of benzene rings is 2. The molecule has 0 saturated carbocycles. The Morgan fingerprint density at radius 2 is 1.74 bits per heavy atom. The number of pyridine rings is 1. The van der Waals surface area contributed by atoms with Gasteiger partial charge < -0.3 is 9.84 Å². The van der Waals surface area contributed by atoms with Gasteiger partial charge in [-0.1, -0.05) is 39.0 Å². The van der Waals surface area contributed by atoms with Crippen LogP contribution in [0.4, 0.5) is 5.69 Å². The molecule has 0 spiro atoms. The summed E-state index contributed by atoms with van der Waals surface area (Å²) in [5.41, 5.74) is 3.35. The monoisotopic (exact) mass is 456 g/mol. The molecule has 0 bridgehead atoms. The molecule has 1 fully saturated rings. The molecule has 0 radical (unpaired) electrons. The van der Waals surface area contributed by atoms with Gasteiger partial charge in [0.25, 0.3) is 11.7 Å². The van der Waals surface area contributed by atoms with Crippen LogP contribution in [0.3, 0.4) is 0 Å². The maximum Gasteiger partial charge on any atom is 0.300 e. The van der Waals surface area contributed by atoms with Crippen molar-refractivity contribution >= 4 is 23.1 Å². The third-order valence-corrected chi connectivity index (χ3v) is 6.09. The fraction of sp³-hybridized carbons (Fsp3) is 0.250. The summed E-state index contributed by atoms with van der Waals surface area (Å²) in [6.45, 7) is 8.18. The quantitative estimate of drug-likeness (QED) is 0.326. The van der Waals surface area contributed by atoms with Crippen LogP contribution in [0.25, 0.3) is 5.76 Å². The predicted octanol–water partition coefficient (Wildman–Crippen LogP) is 5.32. The van der Waals surface area contributed by atoms with E-state index in [9.17, 15) is 14.7 Å². The van der Waals surface area contributed by atoms with Crippen molar-refractivity contribution in [2.75, 3.05) is 12.0 Å². The lowest BCUT2D eigenvalue weighted by Gasteiger charge is -2.26. The van der Waals surface area contributed by atoms with Crippen LogP contribution < -0.4 is 9.64 Å². The van der Waals surface area contributed by atoms with Gasteiger partial charge in [0.05, 0.1) is 18.4 Å². The number of anilines is 1. The van der Waals surface area contributed by atoms with E-state index in [1.807, 2.05) is 31.2 Å². The van der Waals surface area contributed by atoms with Gasteiger partial charge >= 0.3 is 0 Å². The van der Waals surface area contributed by atoms with Crippen LogP contribution in [0.15, 0.2) is 72.4 Å². The van der Waals surface area contributed by atoms with Crippen molar-refractivity contribution in [2.24, 2.45) is 0 Å². The number of hydrogen-bond acceptors (Lipinski definition) is 5. The highest BCUT2D eigenvalue weighted by Gasteiger charge is 2.47. The molecule has 1 atom stereocenters. The Morgan fingerprint density at radius 1 is 1.03 bits per heavy atom. The van der Waals surface area contributed by atoms with Crippen LogP contribution in [0, 0.1) is 6.92 Å². The van der Waals surface area contributed by atoms with Crippen LogP contribution in [0.5, 0.6) is 5.75 Å². The minimum atomic E-state index is -0.857. The lowest BCUT2D eigenvalue weighted by Crippen LogP contribution is -2.30. The Balaban J connectivity index is 1.89. The number of ether oxygens (including phenoxy) is 1. The number of aryl methyl sites for hydroxylation is 1. The lowest BCUT2D eigenvalue weighted by molar-refractivity contribution is -0.132. The molecule has 0 aliphatic carbocycles. The number of methoxy groups -OCH3 is 1. The Bertz CT molecular complexity index is 1270. The molecule has 1 N–H and O–H groups in total. The van der Waals surface area contributed by atoms with E-state index in [0.717, 1.165) is 11.1 Å². The first-order valence-corrected chi connectivity index (χ1v) is 11.1. The van der Waals surface area contributed by atoms with Gasteiger partial charge in [-0.25, -0.2) is 0 Å². The molecule has 4 rings (SSSR count). The molecule has 2 heterocycles. The summed E-state index contributed by atoms with van der Waals surface area (Å²) in [5.74, 6) is -1.03. The molecule has 1 amide bonds. The zero-order valence-corrected chi connectivity index (χ0v) is 20.0. The zero-order chi connectivity index (χ0) is 24.6. The Morgan fingerprint density at radius 3 is 2.29 bits per heavy atom. The number of nitrogens with zero attached hydrogens (tertiary/aromatic N) is 2. The van der Waals surface area contributed by atoms with E-state index in [1.165, 1.54) is 4.90 Å². The third kappa shape index (κ3) is 4.07. The van der Waals surface area contributed by atoms with Crippen molar-refractivity contribution in [1.29, 1.82) is 0 Å². The highest BCUT2D eigenvalue weighted by atomic mass is 16.5. The first-order valence-electron chi connectivity index (χ1n) is 11.1. The molecular weight excluding hydrogens is 428 g/mol. The van der Waals surface area contributed by atoms with Gasteiger partial charge in [0.2, 0.25) is 0 Å². The number of Topliss-reactive ketones (excluding diaryl/α,β-unsaturated/α-hetero) is 1. The number of aliphatic hydroxyl groups excluding tert-OH is 1. The van der Waals surface area contributed by atoms with Crippen LogP contribution in [0.1, 0.15) is 49.2 Å². The predicted molar refractivity (Wildman–Crippen MR) is 132 cm³/mol. The fourth-order valence-electron chi connectivity index (χ4n) is 4.22. The lowest BCUT2D eigenvalue weighted by atomic mass is 9.87. The summed E-state index contributed by atoms with van der Waals surface area (Å²) >= 11 is 0. The number of amides is 1. The minimum absolute atomic E-state index is 0.00756. The van der Waals surface area contributed by atoms with Crippen LogP contribution in [0.2, 0.25) is 0 Å². The van der Waals surface area contributed by atoms with Gasteiger partial charge in [0, 0.05) is 17.4 Å². The van der Waals surface area contributed by atoms with Gasteiger partial charge in [-0.3, -0.25) is 19.5 Å². The highest BCUT2D eigenvalue weighted by Crippen LogP contribution is 2.42. The Kier molecular flexibility index (Phi) is 6.00. The fourth-order valence-corrected chi connectivity index (χ4v) is 4.22. The van der Waals surface area contributed by atoms with E-state index in [1.54, 1.807) is 49.7 Å². The molecule has 1 unspecified atom stereocenters. The first kappa shape index (κ1) is 23.2. The van der Waals surface area contributed by atoms with Gasteiger partial charge in [-0.15, -0.1) is 0 Å². The van der Waals surface area contributed by atoms with Gasteiger partial charge in [-0.2, -0.15) is 0 Å². The number of carbonyl (C=O) groups is 2. The Labute approximate surface area is 199 Å². The van der Waals surface area contributed by atoms with E-state index < -0.39 is 17.7 Å². The normalized spacial score (nSPS) is 17.8. The summed E-state index contributed by atoms with van der Waals surface area (Å²) in [5, 5.41) is 11.3. The second kappa shape index (κ2) is 8.78. The highest BCUT2D eigenvalue weighted by molar-refractivity contribution is 6.51. The zero-order valence-electron chi connectivity index (χ0n) is 20.0. The van der Waals surface area contributed by atoms with E-state index in [-0.39, 0.29) is 16.7 Å². The molecule has 34 heavy (non-hydrogen) atoms. The summed E-state index contributed by atoms with van der Waals surface area (Å²) in [7, 11) is 1.57. The summed E-state index contributed by atoms with van der Waals surface area (Å²) in [6.07, 6.45) is 1.61. The van der Waals surface area contributed by atoms with Crippen molar-refractivity contribution in [3.05, 3.63) is 94.8 Å². The molecule has 6 nitrogen and oxygen atoms in total. The van der Waals surface area contributed by atoms with Crippen molar-refractivity contribution < 1.29 is 19.4 Å². The molecular formula is C28H28N2O4. The number of aromatic nitrogens is 1. The summed E-state index contributed by atoms with van der Waals surface area (Å²) in [6, 6.07) is 17.2. The first-order chi connectivity index (χ1) is 16.1. The molecule has 174 valence electrons. The molecule has 1 aliphatic heterocycles.